The van der Waals surface area contributed by atoms with E-state index in [0.717, 1.165) is 0 Å². The number of carboxylic acid groups (broad SMARTS) is 1. The van der Waals surface area contributed by atoms with Gasteiger partial charge in [0.15, 0.2) is 5.79 Å². The van der Waals surface area contributed by atoms with Crippen LogP contribution in [0, 0.1) is 5.41 Å². The molecule has 4 nitrogen and oxygen atoms in total. The first kappa shape index (κ1) is 8.97. The first-order valence-electron chi connectivity index (χ1n) is 4.58. The Morgan fingerprint density at radius 1 is 1.31 bits per heavy atom. The van der Waals surface area contributed by atoms with E-state index in [1.165, 1.54) is 0 Å². The molecule has 1 N–H and O–H groups in total. The van der Waals surface area contributed by atoms with Gasteiger partial charge >= 0.3 is 5.97 Å². The quantitative estimate of drug-likeness (QED) is 0.663. The number of aliphatic carboxylic acids is 1. The van der Waals surface area contributed by atoms with Crippen LogP contribution >= 0.6 is 0 Å². The molecular formula is C9H14O4. The lowest BCUT2D eigenvalue weighted by atomic mass is 9.89. The zero-order valence-electron chi connectivity index (χ0n) is 7.71. The van der Waals surface area contributed by atoms with E-state index in [9.17, 15) is 4.79 Å². The second kappa shape index (κ2) is 2.69. The molecule has 1 aliphatic carbocycles. The number of ether oxygens (including phenoxy) is 2. The van der Waals surface area contributed by atoms with Crippen molar-refractivity contribution in [3.63, 3.8) is 0 Å². The Hall–Kier alpha value is -0.610. The van der Waals surface area contributed by atoms with E-state index in [4.69, 9.17) is 14.6 Å². The molecule has 1 aliphatic heterocycles. The Labute approximate surface area is 76.8 Å². The van der Waals surface area contributed by atoms with E-state index in [2.05, 4.69) is 0 Å². The number of rotatable bonds is 1. The van der Waals surface area contributed by atoms with Crippen molar-refractivity contribution < 1.29 is 19.4 Å². The molecule has 0 bridgehead atoms. The Bertz CT molecular complexity index is 232. The fourth-order valence-electron chi connectivity index (χ4n) is 2.16. The maximum absolute atomic E-state index is 11.0. The lowest BCUT2D eigenvalue weighted by Crippen LogP contribution is -2.31. The molecule has 1 spiro atoms. The summed E-state index contributed by atoms with van der Waals surface area (Å²) >= 11 is 0. The van der Waals surface area contributed by atoms with Crippen LogP contribution < -0.4 is 0 Å². The largest absolute Gasteiger partial charge is 0.481 e. The Kier molecular flexibility index (Phi) is 1.85. The summed E-state index contributed by atoms with van der Waals surface area (Å²) in [7, 11) is 0. The van der Waals surface area contributed by atoms with E-state index in [-0.39, 0.29) is 0 Å². The third-order valence-electron chi connectivity index (χ3n) is 3.05. The maximum Gasteiger partial charge on any atom is 0.309 e. The first-order valence-corrected chi connectivity index (χ1v) is 4.58. The van der Waals surface area contributed by atoms with Crippen molar-refractivity contribution in [2.24, 2.45) is 5.41 Å². The molecule has 2 aliphatic rings. The maximum atomic E-state index is 11.0. The average molecular weight is 186 g/mol. The third kappa shape index (κ3) is 1.34. The van der Waals surface area contributed by atoms with Crippen LogP contribution in [-0.4, -0.2) is 30.1 Å². The summed E-state index contributed by atoms with van der Waals surface area (Å²) in [5.41, 5.74) is -0.662. The molecule has 0 aromatic heterocycles. The molecule has 74 valence electrons. The van der Waals surface area contributed by atoms with Crippen LogP contribution in [0.5, 0.6) is 0 Å². The zero-order chi connectivity index (χ0) is 9.53. The van der Waals surface area contributed by atoms with Gasteiger partial charge in [-0.3, -0.25) is 4.79 Å². The van der Waals surface area contributed by atoms with Crippen molar-refractivity contribution in [2.75, 3.05) is 13.2 Å². The van der Waals surface area contributed by atoms with E-state index < -0.39 is 17.2 Å². The second-order valence-corrected chi connectivity index (χ2v) is 4.15. The van der Waals surface area contributed by atoms with Gasteiger partial charge in [0.1, 0.15) is 0 Å². The lowest BCUT2D eigenvalue weighted by Gasteiger charge is -2.23. The summed E-state index contributed by atoms with van der Waals surface area (Å²) < 4.78 is 10.9. The third-order valence-corrected chi connectivity index (χ3v) is 3.05. The van der Waals surface area contributed by atoms with E-state index in [1.54, 1.807) is 6.92 Å². The molecule has 0 amide bonds. The fourth-order valence-corrected chi connectivity index (χ4v) is 2.16. The summed E-state index contributed by atoms with van der Waals surface area (Å²) in [6.07, 6.45) is 1.83. The standard InChI is InChI=1S/C9H14O4/c1-8(7(10)11)2-3-9(6-8)12-4-5-13-9/h2-6H2,1H3,(H,10,11). The predicted octanol–water partition coefficient (Wildman–Crippen LogP) is 1.00. The van der Waals surface area contributed by atoms with E-state index in [1.807, 2.05) is 0 Å². The van der Waals surface area contributed by atoms with Crippen LogP contribution in [0.1, 0.15) is 26.2 Å². The molecule has 0 radical (unpaired) electrons. The van der Waals surface area contributed by atoms with Gasteiger partial charge in [0.05, 0.1) is 18.6 Å². The van der Waals surface area contributed by atoms with Gasteiger partial charge < -0.3 is 14.6 Å². The van der Waals surface area contributed by atoms with Gasteiger partial charge in [-0.2, -0.15) is 0 Å². The highest BCUT2D eigenvalue weighted by molar-refractivity contribution is 5.74. The molecule has 0 aromatic rings. The van der Waals surface area contributed by atoms with Crippen LogP contribution in [0.15, 0.2) is 0 Å². The normalized spacial score (nSPS) is 37.0. The highest BCUT2D eigenvalue weighted by atomic mass is 16.7. The van der Waals surface area contributed by atoms with Crippen molar-refractivity contribution in [1.29, 1.82) is 0 Å². The predicted molar refractivity (Wildman–Crippen MR) is 44.2 cm³/mol. The summed E-state index contributed by atoms with van der Waals surface area (Å²) in [5.74, 6) is -1.32. The van der Waals surface area contributed by atoms with Gasteiger partial charge in [-0.05, 0) is 13.3 Å². The lowest BCUT2D eigenvalue weighted by molar-refractivity contribution is -0.166. The number of carboxylic acids is 1. The first-order chi connectivity index (χ1) is 6.06. The van der Waals surface area contributed by atoms with Crippen LogP contribution in [-0.2, 0) is 14.3 Å². The molecule has 1 unspecified atom stereocenters. The van der Waals surface area contributed by atoms with Crippen LogP contribution in [0.2, 0.25) is 0 Å². The highest BCUT2D eigenvalue weighted by Crippen LogP contribution is 2.48. The van der Waals surface area contributed by atoms with Crippen molar-refractivity contribution in [3.8, 4) is 0 Å². The van der Waals surface area contributed by atoms with Gasteiger partial charge in [0.25, 0.3) is 0 Å². The molecule has 2 fully saturated rings. The van der Waals surface area contributed by atoms with E-state index in [0.29, 0.717) is 32.5 Å². The summed E-state index contributed by atoms with van der Waals surface area (Å²) in [5, 5.41) is 9.01. The minimum atomic E-state index is -0.747. The molecular weight excluding hydrogens is 172 g/mol. The van der Waals surface area contributed by atoms with Crippen LogP contribution in [0.4, 0.5) is 0 Å². The molecule has 4 heteroatoms. The monoisotopic (exact) mass is 186 g/mol. The molecule has 1 atom stereocenters. The summed E-state index contributed by atoms with van der Waals surface area (Å²) in [6.45, 7) is 2.94. The van der Waals surface area contributed by atoms with Gasteiger partial charge in [0, 0.05) is 12.8 Å². The molecule has 0 aromatic carbocycles. The summed E-state index contributed by atoms with van der Waals surface area (Å²) in [6, 6.07) is 0. The zero-order valence-corrected chi connectivity index (χ0v) is 7.71. The van der Waals surface area contributed by atoms with Gasteiger partial charge in [-0.15, -0.1) is 0 Å². The number of carbonyl (C=O) groups is 1. The fraction of sp³-hybridized carbons (Fsp3) is 0.889. The van der Waals surface area contributed by atoms with Crippen molar-refractivity contribution >= 4 is 5.97 Å². The molecule has 1 saturated heterocycles. The minimum absolute atomic E-state index is 0.481. The Balaban J connectivity index is 2.12. The number of hydrogen-bond donors (Lipinski definition) is 1. The SMILES string of the molecule is CC1(C(=O)O)CCC2(C1)OCCO2. The summed E-state index contributed by atoms with van der Waals surface area (Å²) in [4.78, 5) is 11.0. The smallest absolute Gasteiger partial charge is 0.309 e. The molecule has 2 rings (SSSR count). The van der Waals surface area contributed by atoms with Gasteiger partial charge in [-0.1, -0.05) is 0 Å². The Morgan fingerprint density at radius 3 is 2.38 bits per heavy atom. The van der Waals surface area contributed by atoms with Crippen LogP contribution in [0.25, 0.3) is 0 Å². The number of hydrogen-bond acceptors (Lipinski definition) is 3. The molecule has 1 heterocycles. The minimum Gasteiger partial charge on any atom is -0.481 e. The molecule has 13 heavy (non-hydrogen) atoms. The van der Waals surface area contributed by atoms with Gasteiger partial charge in [0.2, 0.25) is 0 Å². The van der Waals surface area contributed by atoms with Crippen molar-refractivity contribution in [1.82, 2.24) is 0 Å². The average Bonchev–Trinajstić information content (AvgIpc) is 2.62. The van der Waals surface area contributed by atoms with E-state index >= 15 is 0 Å². The van der Waals surface area contributed by atoms with Crippen LogP contribution in [0.3, 0.4) is 0 Å². The highest BCUT2D eigenvalue weighted by Gasteiger charge is 2.53. The van der Waals surface area contributed by atoms with Crippen molar-refractivity contribution in [2.45, 2.75) is 32.0 Å². The topological polar surface area (TPSA) is 55.8 Å². The van der Waals surface area contributed by atoms with Gasteiger partial charge in [-0.25, -0.2) is 0 Å². The Morgan fingerprint density at radius 2 is 1.92 bits per heavy atom. The van der Waals surface area contributed by atoms with Crippen molar-refractivity contribution in [3.05, 3.63) is 0 Å². The molecule has 1 saturated carbocycles. The second-order valence-electron chi connectivity index (χ2n) is 4.15.